The first-order valence-corrected chi connectivity index (χ1v) is 4.05. The predicted octanol–water partition coefficient (Wildman–Crippen LogP) is -6.33. The van der Waals surface area contributed by atoms with Crippen LogP contribution in [0.15, 0.2) is 0 Å². The lowest BCUT2D eigenvalue weighted by Gasteiger charge is -2.24. The molecule has 0 spiro atoms. The van der Waals surface area contributed by atoms with E-state index in [1.165, 1.54) is 13.0 Å². The predicted molar refractivity (Wildman–Crippen MR) is 44.8 cm³/mol. The molecule has 0 amide bonds. The average molecular weight is 217 g/mol. The molecule has 1 unspecified atom stereocenters. The maximum absolute atomic E-state index is 2.27. The van der Waals surface area contributed by atoms with E-state index in [2.05, 4.69) is 40.4 Å². The van der Waals surface area contributed by atoms with Crippen LogP contribution >= 0.6 is 0 Å². The van der Waals surface area contributed by atoms with E-state index in [0.717, 1.165) is 10.5 Å². The summed E-state index contributed by atoms with van der Waals surface area (Å²) in [6.07, 6.45) is 1.31. The Morgan fingerprint density at radius 1 is 1.17 bits per heavy atom. The van der Waals surface area contributed by atoms with Crippen LogP contribution in [-0.4, -0.2) is 45.3 Å². The maximum Gasteiger partial charge on any atom is 0.0882 e. The van der Waals surface area contributed by atoms with Gasteiger partial charge in [-0.1, -0.05) is 0 Å². The molecule has 0 aliphatic heterocycles. The number of rotatable bonds is 4. The van der Waals surface area contributed by atoms with Gasteiger partial charge in [-0.25, -0.2) is 0 Å². The first-order valence-electron chi connectivity index (χ1n) is 4.05. The van der Waals surface area contributed by atoms with E-state index in [9.17, 15) is 0 Å². The van der Waals surface area contributed by atoms with Gasteiger partial charge in [0.25, 0.3) is 0 Å². The minimum absolute atomic E-state index is 0. The number of nitrogens with zero attached hydrogens (tertiary/aromatic N) is 1. The molecule has 0 saturated carbocycles. The van der Waals surface area contributed by atoms with Crippen molar-refractivity contribution in [2.45, 2.75) is 19.4 Å². The van der Waals surface area contributed by atoms with Gasteiger partial charge in [-0.3, -0.25) is 0 Å². The molecule has 0 aromatic carbocycles. The summed E-state index contributed by atoms with van der Waals surface area (Å²) < 4.78 is 1.08. The lowest BCUT2D eigenvalue weighted by atomic mass is 10.2. The zero-order valence-electron chi connectivity index (χ0n) is 8.77. The van der Waals surface area contributed by atoms with Crippen LogP contribution in [-0.2, 0) is 0 Å². The van der Waals surface area contributed by atoms with Gasteiger partial charge in [-0.2, -0.15) is 0 Å². The molecule has 78 valence electrons. The van der Waals surface area contributed by atoms with E-state index in [1.54, 1.807) is 0 Å². The highest BCUT2D eigenvalue weighted by Crippen LogP contribution is 1.94. The van der Waals surface area contributed by atoms with Gasteiger partial charge in [0, 0.05) is 6.42 Å². The van der Waals surface area contributed by atoms with Crippen molar-refractivity contribution in [1.82, 2.24) is 0 Å². The standard InChI is InChI=1S/C8H21N2.2ClH/c1-8(9-2)6-7-10(3,4)5;;/h8-9H,6-7H2,1-5H3;2*1H/q+1;;/p-1. The Morgan fingerprint density at radius 2 is 1.58 bits per heavy atom. The van der Waals surface area contributed by atoms with Crippen LogP contribution in [0.3, 0.4) is 0 Å². The molecule has 4 heteroatoms. The molecule has 0 fully saturated rings. The molecule has 0 aromatic rings. The Morgan fingerprint density at radius 3 is 1.83 bits per heavy atom. The van der Waals surface area contributed by atoms with Crippen LogP contribution in [0.1, 0.15) is 13.3 Å². The van der Waals surface area contributed by atoms with Gasteiger partial charge in [0.15, 0.2) is 0 Å². The van der Waals surface area contributed by atoms with Crippen LogP contribution in [0.4, 0.5) is 0 Å². The number of nitrogens with two attached hydrogens (primary N) is 1. The van der Waals surface area contributed by atoms with Crippen LogP contribution in [0, 0.1) is 0 Å². The summed E-state index contributed by atoms with van der Waals surface area (Å²) in [4.78, 5) is 0. The topological polar surface area (TPSA) is 16.6 Å². The lowest BCUT2D eigenvalue weighted by molar-refractivity contribution is -0.872. The molecule has 0 rings (SSSR count). The molecule has 0 aliphatic rings. The van der Waals surface area contributed by atoms with Crippen LogP contribution in [0.2, 0.25) is 0 Å². The molecule has 2 N–H and O–H groups in total. The largest absolute Gasteiger partial charge is 1.00 e. The highest BCUT2D eigenvalue weighted by Gasteiger charge is 2.10. The molecule has 2 nitrogen and oxygen atoms in total. The van der Waals surface area contributed by atoms with Crippen molar-refractivity contribution in [2.75, 3.05) is 34.7 Å². The van der Waals surface area contributed by atoms with E-state index in [-0.39, 0.29) is 24.8 Å². The molecule has 0 saturated heterocycles. The van der Waals surface area contributed by atoms with Gasteiger partial charge in [0.2, 0.25) is 0 Å². The normalized spacial score (nSPS) is 12.8. The number of hydrogen-bond donors (Lipinski definition) is 1. The van der Waals surface area contributed by atoms with Crippen molar-refractivity contribution < 1.29 is 34.6 Å². The van der Waals surface area contributed by atoms with E-state index < -0.39 is 0 Å². The van der Waals surface area contributed by atoms with Crippen molar-refractivity contribution in [2.24, 2.45) is 0 Å². The Labute approximate surface area is 89.1 Å². The molecular formula is C8H22Cl2N2. The summed E-state index contributed by atoms with van der Waals surface area (Å²) in [6, 6.07) is 0.775. The van der Waals surface area contributed by atoms with Crippen molar-refractivity contribution in [1.29, 1.82) is 0 Å². The Hall–Kier alpha value is 0.500. The summed E-state index contributed by atoms with van der Waals surface area (Å²) >= 11 is 0. The lowest BCUT2D eigenvalue weighted by Crippen LogP contribution is -3.00. The second-order valence-corrected chi connectivity index (χ2v) is 4.11. The summed E-state index contributed by atoms with van der Waals surface area (Å²) in [5.74, 6) is 0. The van der Waals surface area contributed by atoms with Gasteiger partial charge in [0.1, 0.15) is 0 Å². The fourth-order valence-corrected chi connectivity index (χ4v) is 0.758. The molecule has 0 heterocycles. The fraction of sp³-hybridized carbons (Fsp3) is 1.00. The molecule has 0 aliphatic carbocycles. The second-order valence-electron chi connectivity index (χ2n) is 4.11. The number of halogens is 2. The smallest absolute Gasteiger partial charge is 0.0882 e. The van der Waals surface area contributed by atoms with Crippen LogP contribution < -0.4 is 30.1 Å². The van der Waals surface area contributed by atoms with E-state index >= 15 is 0 Å². The molecule has 0 aromatic heterocycles. The maximum atomic E-state index is 2.27. The van der Waals surface area contributed by atoms with E-state index in [4.69, 9.17) is 0 Å². The Balaban J connectivity index is -0.000000405. The van der Waals surface area contributed by atoms with E-state index in [0.29, 0.717) is 0 Å². The first-order chi connectivity index (χ1) is 4.45. The summed E-state index contributed by atoms with van der Waals surface area (Å²) in [5, 5.41) is 2.27. The highest BCUT2D eigenvalue weighted by molar-refractivity contribution is 4.42. The third-order valence-corrected chi connectivity index (χ3v) is 1.82. The second kappa shape index (κ2) is 8.11. The van der Waals surface area contributed by atoms with Gasteiger partial charge in [0.05, 0.1) is 40.8 Å². The van der Waals surface area contributed by atoms with Crippen molar-refractivity contribution >= 4 is 0 Å². The number of quaternary nitrogens is 2. The van der Waals surface area contributed by atoms with Crippen molar-refractivity contribution in [3.05, 3.63) is 0 Å². The highest BCUT2D eigenvalue weighted by atomic mass is 35.5. The molecule has 12 heavy (non-hydrogen) atoms. The summed E-state index contributed by atoms with van der Waals surface area (Å²) in [7, 11) is 8.85. The van der Waals surface area contributed by atoms with Gasteiger partial charge < -0.3 is 34.6 Å². The van der Waals surface area contributed by atoms with E-state index in [1.807, 2.05) is 0 Å². The molecule has 0 radical (unpaired) electrons. The summed E-state index contributed by atoms with van der Waals surface area (Å²) in [5.41, 5.74) is 0. The fourth-order valence-electron chi connectivity index (χ4n) is 0.758. The SMILES string of the molecule is C[NH2+]C(C)CC[N+](C)(C)C.[Cl-].[Cl-]. The van der Waals surface area contributed by atoms with Gasteiger partial charge in [-0.15, -0.1) is 0 Å². The van der Waals surface area contributed by atoms with Crippen molar-refractivity contribution in [3.8, 4) is 0 Å². The summed E-state index contributed by atoms with van der Waals surface area (Å²) in [6.45, 7) is 3.54. The monoisotopic (exact) mass is 216 g/mol. The van der Waals surface area contributed by atoms with Crippen molar-refractivity contribution in [3.63, 3.8) is 0 Å². The third kappa shape index (κ3) is 13.1. The van der Waals surface area contributed by atoms with Gasteiger partial charge >= 0.3 is 0 Å². The molecule has 0 bridgehead atoms. The van der Waals surface area contributed by atoms with Gasteiger partial charge in [-0.05, 0) is 6.92 Å². The third-order valence-electron chi connectivity index (χ3n) is 1.82. The zero-order chi connectivity index (χ0) is 8.20. The van der Waals surface area contributed by atoms with Crippen LogP contribution in [0.5, 0.6) is 0 Å². The Bertz CT molecular complexity index is 91.5. The van der Waals surface area contributed by atoms with Crippen LogP contribution in [0.25, 0.3) is 0 Å². The average Bonchev–Trinajstić information content (AvgIpc) is 1.81. The molecule has 1 atom stereocenters. The Kier molecular flexibility index (Phi) is 12.4. The number of hydrogen-bond acceptors (Lipinski definition) is 0. The minimum atomic E-state index is 0. The molecular weight excluding hydrogens is 195 g/mol. The first kappa shape index (κ1) is 18.3. The minimum Gasteiger partial charge on any atom is -1.00 e. The quantitative estimate of drug-likeness (QED) is 0.451. The zero-order valence-corrected chi connectivity index (χ0v) is 10.3.